The van der Waals surface area contributed by atoms with Gasteiger partial charge in [-0.15, -0.1) is 10.2 Å². The number of furan rings is 1. The normalized spacial score (nSPS) is 18.1. The van der Waals surface area contributed by atoms with Crippen LogP contribution in [0.25, 0.3) is 11.6 Å². The second-order valence-electron chi connectivity index (χ2n) is 5.96. The molecule has 3 heterocycles. The van der Waals surface area contributed by atoms with Gasteiger partial charge in [-0.3, -0.25) is 9.36 Å². The maximum absolute atomic E-state index is 12.6. The number of piperidine rings is 1. The van der Waals surface area contributed by atoms with Crippen LogP contribution in [0.4, 0.5) is 0 Å². The topological polar surface area (TPSA) is 64.2 Å². The Morgan fingerprint density at radius 3 is 2.96 bits per heavy atom. The van der Waals surface area contributed by atoms with Crippen LogP contribution >= 0.6 is 11.8 Å². The molecule has 1 unspecified atom stereocenters. The number of carbonyl (C=O) groups excluding carboxylic acids is 1. The SMILES string of the molecule is CCC1CCCCN1C(=O)CSc1nnc(-c2ccco2)n1CC. The lowest BCUT2D eigenvalue weighted by Gasteiger charge is -2.35. The van der Waals surface area contributed by atoms with Crippen LogP contribution in [0.5, 0.6) is 0 Å². The highest BCUT2D eigenvalue weighted by atomic mass is 32.2. The zero-order valence-electron chi connectivity index (χ0n) is 14.3. The van der Waals surface area contributed by atoms with Crippen LogP contribution in [0.2, 0.25) is 0 Å². The van der Waals surface area contributed by atoms with Gasteiger partial charge in [0.2, 0.25) is 5.91 Å². The average Bonchev–Trinajstić information content (AvgIpc) is 3.28. The van der Waals surface area contributed by atoms with E-state index < -0.39 is 0 Å². The summed E-state index contributed by atoms with van der Waals surface area (Å²) in [6.07, 6.45) is 6.12. The lowest BCUT2D eigenvalue weighted by Crippen LogP contribution is -2.44. The van der Waals surface area contributed by atoms with Crippen LogP contribution in [0, 0.1) is 0 Å². The molecule has 6 nitrogen and oxygen atoms in total. The molecule has 7 heteroatoms. The summed E-state index contributed by atoms with van der Waals surface area (Å²) in [5.41, 5.74) is 0. The molecule has 0 radical (unpaired) electrons. The molecule has 2 aromatic heterocycles. The molecule has 1 saturated heterocycles. The van der Waals surface area contributed by atoms with Gasteiger partial charge in [0.25, 0.3) is 0 Å². The first kappa shape index (κ1) is 17.1. The van der Waals surface area contributed by atoms with Gasteiger partial charge in [0.1, 0.15) is 0 Å². The quantitative estimate of drug-likeness (QED) is 0.748. The lowest BCUT2D eigenvalue weighted by atomic mass is 10.0. The van der Waals surface area contributed by atoms with Crippen LogP contribution in [0.15, 0.2) is 28.0 Å². The third-order valence-electron chi connectivity index (χ3n) is 4.52. The Bertz CT molecular complexity index is 668. The number of carbonyl (C=O) groups is 1. The van der Waals surface area contributed by atoms with Crippen LogP contribution in [0.3, 0.4) is 0 Å². The van der Waals surface area contributed by atoms with Gasteiger partial charge >= 0.3 is 0 Å². The molecule has 0 spiro atoms. The number of thioether (sulfide) groups is 1. The smallest absolute Gasteiger partial charge is 0.233 e. The van der Waals surface area contributed by atoms with Crippen molar-refractivity contribution in [2.24, 2.45) is 0 Å². The first-order valence-electron chi connectivity index (χ1n) is 8.64. The summed E-state index contributed by atoms with van der Waals surface area (Å²) >= 11 is 1.46. The molecular formula is C17H24N4O2S. The van der Waals surface area contributed by atoms with Crippen molar-refractivity contribution in [1.82, 2.24) is 19.7 Å². The molecule has 0 aliphatic carbocycles. The van der Waals surface area contributed by atoms with Gasteiger partial charge in [-0.05, 0) is 44.7 Å². The van der Waals surface area contributed by atoms with Gasteiger partial charge in [0.05, 0.1) is 12.0 Å². The summed E-state index contributed by atoms with van der Waals surface area (Å²) in [5.74, 6) is 2.02. The minimum absolute atomic E-state index is 0.205. The van der Waals surface area contributed by atoms with Gasteiger partial charge in [-0.25, -0.2) is 0 Å². The second kappa shape index (κ2) is 7.88. The number of hydrogen-bond donors (Lipinski definition) is 0. The minimum Gasteiger partial charge on any atom is -0.461 e. The van der Waals surface area contributed by atoms with Crippen molar-refractivity contribution in [2.75, 3.05) is 12.3 Å². The molecule has 1 aliphatic rings. The van der Waals surface area contributed by atoms with E-state index in [0.717, 1.165) is 37.5 Å². The van der Waals surface area contributed by atoms with Gasteiger partial charge in [-0.1, -0.05) is 18.7 Å². The molecule has 1 fully saturated rings. The van der Waals surface area contributed by atoms with E-state index in [1.54, 1.807) is 6.26 Å². The predicted molar refractivity (Wildman–Crippen MR) is 93.8 cm³/mol. The van der Waals surface area contributed by atoms with E-state index in [-0.39, 0.29) is 5.91 Å². The van der Waals surface area contributed by atoms with E-state index >= 15 is 0 Å². The molecular weight excluding hydrogens is 324 g/mol. The van der Waals surface area contributed by atoms with Gasteiger partial charge in [-0.2, -0.15) is 0 Å². The fraction of sp³-hybridized carbons (Fsp3) is 0.588. The van der Waals surface area contributed by atoms with Crippen molar-refractivity contribution >= 4 is 17.7 Å². The van der Waals surface area contributed by atoms with Gasteiger partial charge in [0.15, 0.2) is 16.7 Å². The third-order valence-corrected chi connectivity index (χ3v) is 5.47. The molecule has 1 atom stereocenters. The van der Waals surface area contributed by atoms with Crippen molar-refractivity contribution in [2.45, 2.75) is 57.3 Å². The van der Waals surface area contributed by atoms with Crippen LogP contribution < -0.4 is 0 Å². The zero-order chi connectivity index (χ0) is 16.9. The molecule has 0 saturated carbocycles. The number of rotatable bonds is 6. The van der Waals surface area contributed by atoms with Crippen molar-refractivity contribution in [3.05, 3.63) is 18.4 Å². The molecule has 1 amide bonds. The Hall–Kier alpha value is -1.76. The largest absolute Gasteiger partial charge is 0.461 e. The van der Waals surface area contributed by atoms with E-state index in [9.17, 15) is 4.79 Å². The molecule has 2 aromatic rings. The van der Waals surface area contributed by atoms with E-state index in [2.05, 4.69) is 22.0 Å². The highest BCUT2D eigenvalue weighted by molar-refractivity contribution is 7.99. The van der Waals surface area contributed by atoms with Crippen LogP contribution in [-0.2, 0) is 11.3 Å². The summed E-state index contributed by atoms with van der Waals surface area (Å²) in [7, 11) is 0. The number of amides is 1. The number of likely N-dealkylation sites (tertiary alicyclic amines) is 1. The van der Waals surface area contributed by atoms with Crippen LogP contribution in [-0.4, -0.2) is 43.9 Å². The number of nitrogens with zero attached hydrogens (tertiary/aromatic N) is 4. The zero-order valence-corrected chi connectivity index (χ0v) is 15.1. The molecule has 3 rings (SSSR count). The summed E-state index contributed by atoms with van der Waals surface area (Å²) in [4.78, 5) is 14.7. The van der Waals surface area contributed by atoms with Gasteiger partial charge in [0, 0.05) is 19.1 Å². The Labute approximate surface area is 146 Å². The summed E-state index contributed by atoms with van der Waals surface area (Å²) in [5, 5.41) is 9.23. The Morgan fingerprint density at radius 2 is 2.25 bits per heavy atom. The van der Waals surface area contributed by atoms with E-state index in [1.165, 1.54) is 18.2 Å². The minimum atomic E-state index is 0.205. The van der Waals surface area contributed by atoms with E-state index in [0.29, 0.717) is 23.4 Å². The van der Waals surface area contributed by atoms with Crippen molar-refractivity contribution in [3.63, 3.8) is 0 Å². The van der Waals surface area contributed by atoms with Crippen LogP contribution in [0.1, 0.15) is 39.5 Å². The molecule has 24 heavy (non-hydrogen) atoms. The second-order valence-corrected chi connectivity index (χ2v) is 6.90. The van der Waals surface area contributed by atoms with Crippen molar-refractivity contribution < 1.29 is 9.21 Å². The predicted octanol–water partition coefficient (Wildman–Crippen LogP) is 3.44. The summed E-state index contributed by atoms with van der Waals surface area (Å²) in [6, 6.07) is 4.10. The molecule has 130 valence electrons. The highest BCUT2D eigenvalue weighted by Gasteiger charge is 2.26. The number of aromatic nitrogens is 3. The van der Waals surface area contributed by atoms with E-state index in [4.69, 9.17) is 4.42 Å². The molecule has 0 aromatic carbocycles. The fourth-order valence-electron chi connectivity index (χ4n) is 3.23. The Kier molecular flexibility index (Phi) is 5.60. The highest BCUT2D eigenvalue weighted by Crippen LogP contribution is 2.26. The summed E-state index contributed by atoms with van der Waals surface area (Å²) in [6.45, 7) is 5.82. The van der Waals surface area contributed by atoms with Crippen molar-refractivity contribution in [3.8, 4) is 11.6 Å². The Balaban J connectivity index is 1.67. The third kappa shape index (κ3) is 3.50. The molecule has 0 bridgehead atoms. The first-order chi connectivity index (χ1) is 11.7. The fourth-order valence-corrected chi connectivity index (χ4v) is 4.12. The molecule has 0 N–H and O–H groups in total. The lowest BCUT2D eigenvalue weighted by molar-refractivity contribution is -0.132. The maximum Gasteiger partial charge on any atom is 0.233 e. The molecule has 1 aliphatic heterocycles. The average molecular weight is 348 g/mol. The van der Waals surface area contributed by atoms with Crippen molar-refractivity contribution in [1.29, 1.82) is 0 Å². The Morgan fingerprint density at radius 1 is 1.38 bits per heavy atom. The maximum atomic E-state index is 12.6. The standard InChI is InChI=1S/C17H24N4O2S/c1-3-13-8-5-6-10-21(13)15(22)12-24-17-19-18-16(20(17)4-2)14-9-7-11-23-14/h7,9,11,13H,3-6,8,10,12H2,1-2H3. The van der Waals surface area contributed by atoms with Gasteiger partial charge < -0.3 is 9.32 Å². The number of hydrogen-bond acceptors (Lipinski definition) is 5. The monoisotopic (exact) mass is 348 g/mol. The summed E-state index contributed by atoms with van der Waals surface area (Å²) < 4.78 is 7.41. The first-order valence-corrected chi connectivity index (χ1v) is 9.62. The van der Waals surface area contributed by atoms with E-state index in [1.807, 2.05) is 23.6 Å².